The smallest absolute Gasteiger partial charge is 0.0618 e. The van der Waals surface area contributed by atoms with Crippen LogP contribution in [0, 0.1) is 0 Å². The molecule has 1 aliphatic rings. The van der Waals surface area contributed by atoms with Crippen LogP contribution >= 0.6 is 0 Å². The molecule has 1 aromatic rings. The van der Waals surface area contributed by atoms with Gasteiger partial charge < -0.3 is 10.1 Å². The second kappa shape index (κ2) is 7.21. The molecule has 1 N–H and O–H groups in total. The number of piperazine rings is 1. The molecule has 2 rings (SSSR count). The highest BCUT2D eigenvalue weighted by atomic mass is 16.5. The van der Waals surface area contributed by atoms with E-state index in [1.165, 1.54) is 18.4 Å². The van der Waals surface area contributed by atoms with E-state index in [-0.39, 0.29) is 5.54 Å². The fourth-order valence-electron chi connectivity index (χ4n) is 3.22. The summed E-state index contributed by atoms with van der Waals surface area (Å²) in [7, 11) is 1.81. The third kappa shape index (κ3) is 3.60. The second-order valence-corrected chi connectivity index (χ2v) is 5.99. The highest BCUT2D eigenvalue weighted by Gasteiger charge is 2.34. The van der Waals surface area contributed by atoms with Crippen molar-refractivity contribution in [2.45, 2.75) is 38.3 Å². The second-order valence-electron chi connectivity index (χ2n) is 5.99. The zero-order valence-electron chi connectivity index (χ0n) is 13.1. The molecule has 0 spiro atoms. The highest BCUT2D eigenvalue weighted by molar-refractivity contribution is 5.25. The summed E-state index contributed by atoms with van der Waals surface area (Å²) in [5.74, 6) is 0. The molecular weight excluding hydrogens is 248 g/mol. The Bertz CT molecular complexity index is 389. The minimum Gasteiger partial charge on any atom is -0.383 e. The van der Waals surface area contributed by atoms with Gasteiger partial charge in [0, 0.05) is 32.8 Å². The van der Waals surface area contributed by atoms with Gasteiger partial charge in [0.1, 0.15) is 0 Å². The van der Waals surface area contributed by atoms with Crippen molar-refractivity contribution in [2.24, 2.45) is 0 Å². The number of rotatable bonds is 6. The van der Waals surface area contributed by atoms with Crippen molar-refractivity contribution in [3.63, 3.8) is 0 Å². The van der Waals surface area contributed by atoms with E-state index in [0.717, 1.165) is 26.2 Å². The summed E-state index contributed by atoms with van der Waals surface area (Å²) in [6, 6.07) is 11.3. The predicted molar refractivity (Wildman–Crippen MR) is 83.9 cm³/mol. The first-order chi connectivity index (χ1) is 9.69. The summed E-state index contributed by atoms with van der Waals surface area (Å²) in [6.45, 7) is 8.58. The SMILES string of the molecule is CCCC(COC)N1CCNC(C)(c2ccccc2)C1. The van der Waals surface area contributed by atoms with Gasteiger partial charge in [0.25, 0.3) is 0 Å². The average Bonchev–Trinajstić information content (AvgIpc) is 2.48. The standard InChI is InChI=1S/C17H28N2O/c1-4-8-16(13-20-3)19-12-11-18-17(2,14-19)15-9-6-5-7-10-15/h5-7,9-10,16,18H,4,8,11-14H2,1-3H3. The van der Waals surface area contributed by atoms with Gasteiger partial charge in [-0.15, -0.1) is 0 Å². The van der Waals surface area contributed by atoms with E-state index in [9.17, 15) is 0 Å². The van der Waals surface area contributed by atoms with Crippen molar-refractivity contribution in [3.05, 3.63) is 35.9 Å². The van der Waals surface area contributed by atoms with E-state index < -0.39 is 0 Å². The van der Waals surface area contributed by atoms with Gasteiger partial charge in [-0.3, -0.25) is 4.90 Å². The summed E-state index contributed by atoms with van der Waals surface area (Å²) < 4.78 is 5.42. The predicted octanol–water partition coefficient (Wildman–Crippen LogP) is 2.62. The van der Waals surface area contributed by atoms with E-state index in [4.69, 9.17) is 4.74 Å². The van der Waals surface area contributed by atoms with Crippen LogP contribution in [-0.2, 0) is 10.3 Å². The third-order valence-electron chi connectivity index (χ3n) is 4.34. The quantitative estimate of drug-likeness (QED) is 0.864. The van der Waals surface area contributed by atoms with Crippen LogP contribution in [0.5, 0.6) is 0 Å². The maximum Gasteiger partial charge on any atom is 0.0618 e. The van der Waals surface area contributed by atoms with Crippen LogP contribution in [0.3, 0.4) is 0 Å². The van der Waals surface area contributed by atoms with Crippen LogP contribution in [-0.4, -0.2) is 44.3 Å². The zero-order valence-corrected chi connectivity index (χ0v) is 13.1. The number of hydrogen-bond donors (Lipinski definition) is 1. The molecule has 1 aromatic carbocycles. The Labute approximate surface area is 123 Å². The van der Waals surface area contributed by atoms with Crippen LogP contribution in [0.25, 0.3) is 0 Å². The van der Waals surface area contributed by atoms with Gasteiger partial charge in [-0.05, 0) is 18.9 Å². The van der Waals surface area contributed by atoms with Crippen molar-refractivity contribution in [1.82, 2.24) is 10.2 Å². The molecule has 0 aromatic heterocycles. The lowest BCUT2D eigenvalue weighted by Gasteiger charge is -2.45. The van der Waals surface area contributed by atoms with Crippen molar-refractivity contribution in [3.8, 4) is 0 Å². The molecule has 112 valence electrons. The van der Waals surface area contributed by atoms with Gasteiger partial charge >= 0.3 is 0 Å². The molecule has 3 heteroatoms. The molecule has 1 fully saturated rings. The maximum atomic E-state index is 5.42. The number of hydrogen-bond acceptors (Lipinski definition) is 3. The van der Waals surface area contributed by atoms with E-state index >= 15 is 0 Å². The average molecular weight is 276 g/mol. The van der Waals surface area contributed by atoms with E-state index in [1.54, 1.807) is 7.11 Å². The lowest BCUT2D eigenvalue weighted by molar-refractivity contribution is 0.0439. The monoisotopic (exact) mass is 276 g/mol. The van der Waals surface area contributed by atoms with Crippen molar-refractivity contribution >= 4 is 0 Å². The van der Waals surface area contributed by atoms with Crippen LogP contribution in [0.4, 0.5) is 0 Å². The fourth-order valence-corrected chi connectivity index (χ4v) is 3.22. The minimum absolute atomic E-state index is 0.0409. The molecule has 0 saturated carbocycles. The Morgan fingerprint density at radius 2 is 2.10 bits per heavy atom. The lowest BCUT2D eigenvalue weighted by atomic mass is 9.89. The number of methoxy groups -OCH3 is 1. The fraction of sp³-hybridized carbons (Fsp3) is 0.647. The molecule has 0 bridgehead atoms. The van der Waals surface area contributed by atoms with E-state index in [0.29, 0.717) is 6.04 Å². The van der Waals surface area contributed by atoms with Crippen LogP contribution in [0.1, 0.15) is 32.3 Å². The van der Waals surface area contributed by atoms with Crippen LogP contribution in [0.2, 0.25) is 0 Å². The summed E-state index contributed by atoms with van der Waals surface area (Å²) in [5, 5.41) is 3.70. The van der Waals surface area contributed by atoms with E-state index in [1.807, 2.05) is 0 Å². The number of nitrogens with one attached hydrogen (secondary N) is 1. The molecule has 2 unspecified atom stereocenters. The van der Waals surface area contributed by atoms with Gasteiger partial charge in [-0.25, -0.2) is 0 Å². The topological polar surface area (TPSA) is 24.5 Å². The molecule has 1 aliphatic heterocycles. The maximum absolute atomic E-state index is 5.42. The Balaban J connectivity index is 2.10. The molecule has 1 saturated heterocycles. The first kappa shape index (κ1) is 15.5. The molecule has 2 atom stereocenters. The normalized spacial score (nSPS) is 25.6. The molecule has 0 amide bonds. The van der Waals surface area contributed by atoms with Crippen molar-refractivity contribution < 1.29 is 4.74 Å². The van der Waals surface area contributed by atoms with E-state index in [2.05, 4.69) is 54.4 Å². The first-order valence-corrected chi connectivity index (χ1v) is 7.73. The Kier molecular flexibility index (Phi) is 5.58. The molecule has 0 radical (unpaired) electrons. The van der Waals surface area contributed by atoms with Gasteiger partial charge in [0.2, 0.25) is 0 Å². The summed E-state index contributed by atoms with van der Waals surface area (Å²) >= 11 is 0. The summed E-state index contributed by atoms with van der Waals surface area (Å²) in [5.41, 5.74) is 1.41. The third-order valence-corrected chi connectivity index (χ3v) is 4.34. The van der Waals surface area contributed by atoms with Gasteiger partial charge in [0.15, 0.2) is 0 Å². The minimum atomic E-state index is 0.0409. The van der Waals surface area contributed by atoms with Crippen LogP contribution < -0.4 is 5.32 Å². The van der Waals surface area contributed by atoms with Gasteiger partial charge in [-0.2, -0.15) is 0 Å². The molecular formula is C17H28N2O. The van der Waals surface area contributed by atoms with Gasteiger partial charge in [0.05, 0.1) is 12.1 Å². The first-order valence-electron chi connectivity index (χ1n) is 7.73. The molecule has 1 heterocycles. The summed E-state index contributed by atoms with van der Waals surface area (Å²) in [4.78, 5) is 2.59. The Morgan fingerprint density at radius 1 is 1.35 bits per heavy atom. The van der Waals surface area contributed by atoms with Crippen molar-refractivity contribution in [1.29, 1.82) is 0 Å². The molecule has 20 heavy (non-hydrogen) atoms. The molecule has 3 nitrogen and oxygen atoms in total. The Morgan fingerprint density at radius 3 is 2.75 bits per heavy atom. The van der Waals surface area contributed by atoms with Crippen molar-refractivity contribution in [2.75, 3.05) is 33.4 Å². The number of ether oxygens (including phenoxy) is 1. The molecule has 0 aliphatic carbocycles. The Hall–Kier alpha value is -0.900. The number of benzene rings is 1. The highest BCUT2D eigenvalue weighted by Crippen LogP contribution is 2.26. The summed E-state index contributed by atoms with van der Waals surface area (Å²) in [6.07, 6.45) is 2.42. The largest absolute Gasteiger partial charge is 0.383 e. The zero-order chi connectivity index (χ0) is 14.4. The number of nitrogens with zero attached hydrogens (tertiary/aromatic N) is 1. The van der Waals surface area contributed by atoms with Crippen LogP contribution in [0.15, 0.2) is 30.3 Å². The van der Waals surface area contributed by atoms with Gasteiger partial charge in [-0.1, -0.05) is 43.7 Å². The lowest BCUT2D eigenvalue weighted by Crippen LogP contribution is -2.59.